The molecule has 3 heterocycles. The molecule has 1 aromatic carbocycles. The number of benzene rings is 1. The number of carbonyl (C=O) groups is 3. The van der Waals surface area contributed by atoms with Crippen molar-refractivity contribution in [2.24, 2.45) is 0 Å². The van der Waals surface area contributed by atoms with Crippen LogP contribution in [0.25, 0.3) is 0 Å². The molecule has 0 aliphatic rings. The van der Waals surface area contributed by atoms with Crippen molar-refractivity contribution in [3.63, 3.8) is 0 Å². The van der Waals surface area contributed by atoms with E-state index in [1.54, 1.807) is 39.3 Å². The van der Waals surface area contributed by atoms with E-state index in [0.717, 1.165) is 13.7 Å². The predicted octanol–water partition coefficient (Wildman–Crippen LogP) is 0.264. The minimum Gasteiger partial charge on any atom is -0.503 e. The highest BCUT2D eigenvalue weighted by Gasteiger charge is 2.18. The van der Waals surface area contributed by atoms with Gasteiger partial charge in [0.2, 0.25) is 17.7 Å². The monoisotopic (exact) mass is 660 g/mol. The third-order valence-electron chi connectivity index (χ3n) is 7.57. The standard InChI is InChI=1S/C33H36N6O9/c1-34(28(43)19-37-10-4-7-25(40)31(37)46)16-22-13-23(17-35(2)29(44)20-38-11-5-8-26(41)32(38)47)15-24(14-22)18-36(3)30(45)21-39-12-6-9-27(42)33(39)48/h4-15,40-42H,16-21H2,1-3H3. The first-order chi connectivity index (χ1) is 22.7. The zero-order valence-corrected chi connectivity index (χ0v) is 26.6. The Kier molecular flexibility index (Phi) is 10.8. The molecule has 15 heteroatoms. The van der Waals surface area contributed by atoms with E-state index < -0.39 is 51.6 Å². The van der Waals surface area contributed by atoms with Gasteiger partial charge in [-0.1, -0.05) is 18.2 Å². The fourth-order valence-electron chi connectivity index (χ4n) is 4.94. The zero-order chi connectivity index (χ0) is 35.1. The van der Waals surface area contributed by atoms with Gasteiger partial charge in [0.25, 0.3) is 16.7 Å². The number of carbonyl (C=O) groups excluding carboxylic acids is 3. The van der Waals surface area contributed by atoms with Crippen LogP contribution < -0.4 is 16.7 Å². The van der Waals surface area contributed by atoms with Gasteiger partial charge in [-0.3, -0.25) is 28.8 Å². The van der Waals surface area contributed by atoms with E-state index in [2.05, 4.69) is 0 Å². The number of amides is 3. The lowest BCUT2D eigenvalue weighted by Gasteiger charge is -2.23. The SMILES string of the molecule is CN(Cc1cc(CN(C)C(=O)Cn2cccc(O)c2=O)cc(CN(C)C(=O)Cn2cccc(O)c2=O)c1)C(=O)Cn1cccc(O)c1=O. The van der Waals surface area contributed by atoms with Gasteiger partial charge in [-0.15, -0.1) is 0 Å². The highest BCUT2D eigenvalue weighted by molar-refractivity contribution is 5.77. The summed E-state index contributed by atoms with van der Waals surface area (Å²) in [7, 11) is 4.65. The molecule has 0 aliphatic carbocycles. The third-order valence-corrected chi connectivity index (χ3v) is 7.57. The molecule has 252 valence electrons. The maximum absolute atomic E-state index is 13.0. The van der Waals surface area contributed by atoms with Crippen molar-refractivity contribution in [1.29, 1.82) is 0 Å². The number of hydrogen-bond acceptors (Lipinski definition) is 9. The van der Waals surface area contributed by atoms with Crippen molar-refractivity contribution in [3.05, 3.63) is 121 Å². The quantitative estimate of drug-likeness (QED) is 0.192. The molecule has 3 aromatic heterocycles. The lowest BCUT2D eigenvalue weighted by atomic mass is 10.0. The molecule has 4 aromatic rings. The summed E-state index contributed by atoms with van der Waals surface area (Å²) in [4.78, 5) is 79.9. The van der Waals surface area contributed by atoms with Crippen molar-refractivity contribution >= 4 is 17.7 Å². The highest BCUT2D eigenvalue weighted by Crippen LogP contribution is 2.17. The minimum absolute atomic E-state index is 0.0972. The van der Waals surface area contributed by atoms with Crippen molar-refractivity contribution in [3.8, 4) is 17.2 Å². The molecule has 0 spiro atoms. The van der Waals surface area contributed by atoms with Crippen LogP contribution in [0.2, 0.25) is 0 Å². The first-order valence-corrected chi connectivity index (χ1v) is 14.7. The third kappa shape index (κ3) is 8.57. The molecule has 0 radical (unpaired) electrons. The fraction of sp³-hybridized carbons (Fsp3) is 0.273. The Balaban J connectivity index is 1.55. The smallest absolute Gasteiger partial charge is 0.293 e. The summed E-state index contributed by atoms with van der Waals surface area (Å²) in [5.41, 5.74) is -0.162. The van der Waals surface area contributed by atoms with E-state index in [9.17, 15) is 44.1 Å². The van der Waals surface area contributed by atoms with Crippen LogP contribution in [-0.4, -0.2) is 82.6 Å². The van der Waals surface area contributed by atoms with Gasteiger partial charge in [0.05, 0.1) is 0 Å². The van der Waals surface area contributed by atoms with Crippen LogP contribution in [0.3, 0.4) is 0 Å². The summed E-state index contributed by atoms with van der Waals surface area (Å²) in [6.45, 7) is -0.644. The molecule has 0 atom stereocenters. The average molecular weight is 661 g/mol. The number of aromatic nitrogens is 3. The number of rotatable bonds is 12. The van der Waals surface area contributed by atoms with Crippen LogP contribution in [0.1, 0.15) is 16.7 Å². The molecule has 15 nitrogen and oxygen atoms in total. The lowest BCUT2D eigenvalue weighted by Crippen LogP contribution is -2.34. The number of aromatic hydroxyl groups is 3. The van der Waals surface area contributed by atoms with Gasteiger partial charge in [0.15, 0.2) is 17.2 Å². The summed E-state index contributed by atoms with van der Waals surface area (Å²) in [6.07, 6.45) is 4.17. The molecular formula is C33H36N6O9. The van der Waals surface area contributed by atoms with Gasteiger partial charge in [-0.25, -0.2) is 0 Å². The molecule has 0 aliphatic heterocycles. The topological polar surface area (TPSA) is 188 Å². The second-order valence-electron chi connectivity index (χ2n) is 11.4. The van der Waals surface area contributed by atoms with E-state index in [1.165, 1.54) is 69.7 Å². The van der Waals surface area contributed by atoms with E-state index in [1.807, 2.05) is 0 Å². The summed E-state index contributed by atoms with van der Waals surface area (Å²) in [5.74, 6) is -2.69. The van der Waals surface area contributed by atoms with Gasteiger partial charge in [-0.05, 0) is 53.1 Å². The molecule has 3 amide bonds. The van der Waals surface area contributed by atoms with Crippen LogP contribution in [0.4, 0.5) is 0 Å². The molecule has 48 heavy (non-hydrogen) atoms. The molecule has 0 saturated heterocycles. The maximum atomic E-state index is 13.0. The number of likely N-dealkylation sites (N-methyl/N-ethyl adjacent to an activating group) is 3. The Morgan fingerprint density at radius 2 is 0.771 bits per heavy atom. The molecule has 0 saturated carbocycles. The van der Waals surface area contributed by atoms with Crippen LogP contribution in [0, 0.1) is 0 Å². The van der Waals surface area contributed by atoms with Gasteiger partial charge >= 0.3 is 0 Å². The van der Waals surface area contributed by atoms with Gasteiger partial charge in [0.1, 0.15) is 19.6 Å². The van der Waals surface area contributed by atoms with Crippen molar-refractivity contribution in [2.75, 3.05) is 21.1 Å². The van der Waals surface area contributed by atoms with Gasteiger partial charge < -0.3 is 43.7 Å². The van der Waals surface area contributed by atoms with Crippen LogP contribution in [0.15, 0.2) is 87.6 Å². The van der Waals surface area contributed by atoms with E-state index in [0.29, 0.717) is 16.7 Å². The van der Waals surface area contributed by atoms with Crippen LogP contribution in [0.5, 0.6) is 17.2 Å². The molecular weight excluding hydrogens is 624 g/mol. The molecule has 3 N–H and O–H groups in total. The maximum Gasteiger partial charge on any atom is 0.293 e. The zero-order valence-electron chi connectivity index (χ0n) is 26.6. The Morgan fingerprint density at radius 1 is 0.521 bits per heavy atom. The Morgan fingerprint density at radius 3 is 1.02 bits per heavy atom. The summed E-state index contributed by atoms with van der Waals surface area (Å²) >= 11 is 0. The van der Waals surface area contributed by atoms with Crippen LogP contribution in [-0.2, 0) is 53.7 Å². The first kappa shape index (κ1) is 34.7. The molecule has 0 unspecified atom stereocenters. The number of pyridine rings is 3. The number of nitrogens with zero attached hydrogens (tertiary/aromatic N) is 6. The molecule has 4 rings (SSSR count). The van der Waals surface area contributed by atoms with Crippen molar-refractivity contribution < 1.29 is 29.7 Å². The van der Waals surface area contributed by atoms with E-state index in [-0.39, 0.29) is 39.3 Å². The highest BCUT2D eigenvalue weighted by atomic mass is 16.3. The molecule has 0 fully saturated rings. The first-order valence-electron chi connectivity index (χ1n) is 14.7. The van der Waals surface area contributed by atoms with Crippen molar-refractivity contribution in [1.82, 2.24) is 28.4 Å². The normalized spacial score (nSPS) is 10.8. The lowest BCUT2D eigenvalue weighted by molar-refractivity contribution is -0.131. The molecule has 0 bridgehead atoms. The minimum atomic E-state index is -0.704. The van der Waals surface area contributed by atoms with Gasteiger partial charge in [0, 0.05) is 59.4 Å². The van der Waals surface area contributed by atoms with Gasteiger partial charge in [-0.2, -0.15) is 0 Å². The Bertz CT molecular complexity index is 1780. The summed E-state index contributed by atoms with van der Waals surface area (Å²) < 4.78 is 3.27. The Labute approximate surface area is 274 Å². The summed E-state index contributed by atoms with van der Waals surface area (Å²) in [6, 6.07) is 13.4. The second-order valence-corrected chi connectivity index (χ2v) is 11.4. The second kappa shape index (κ2) is 15.0. The van der Waals surface area contributed by atoms with E-state index in [4.69, 9.17) is 0 Å². The number of hydrogen-bond donors (Lipinski definition) is 3. The van der Waals surface area contributed by atoms with E-state index >= 15 is 0 Å². The average Bonchev–Trinajstić information content (AvgIpc) is 3.03. The van der Waals surface area contributed by atoms with Crippen LogP contribution >= 0.6 is 0 Å². The van der Waals surface area contributed by atoms with Crippen molar-refractivity contribution in [2.45, 2.75) is 39.3 Å². The summed E-state index contributed by atoms with van der Waals surface area (Å²) in [5, 5.41) is 29.1. The largest absolute Gasteiger partial charge is 0.503 e. The fourth-order valence-corrected chi connectivity index (χ4v) is 4.94. The Hall–Kier alpha value is -6.12. The predicted molar refractivity (Wildman–Crippen MR) is 173 cm³/mol.